The van der Waals surface area contributed by atoms with Crippen LogP contribution < -0.4 is 10.5 Å². The molecule has 0 amide bonds. The first-order valence-electron chi connectivity index (χ1n) is 6.14. The van der Waals surface area contributed by atoms with Gasteiger partial charge in [0, 0.05) is 0 Å². The van der Waals surface area contributed by atoms with E-state index in [1.54, 1.807) is 6.92 Å². The molecule has 1 aliphatic heterocycles. The number of para-hydroxylation sites is 1. The van der Waals surface area contributed by atoms with Crippen LogP contribution in [0.2, 0.25) is 0 Å². The van der Waals surface area contributed by atoms with E-state index < -0.39 is 5.54 Å². The second kappa shape index (κ2) is 4.49. The van der Waals surface area contributed by atoms with E-state index >= 15 is 0 Å². The molecule has 17 heavy (non-hydrogen) atoms. The van der Waals surface area contributed by atoms with Gasteiger partial charge in [-0.15, -0.1) is 0 Å². The van der Waals surface area contributed by atoms with Crippen molar-refractivity contribution in [1.82, 2.24) is 0 Å². The number of carbonyl (C=O) groups is 1. The van der Waals surface area contributed by atoms with Crippen LogP contribution in [0.15, 0.2) is 18.2 Å². The van der Waals surface area contributed by atoms with E-state index in [1.165, 1.54) is 0 Å². The Morgan fingerprint density at radius 1 is 1.53 bits per heavy atom. The van der Waals surface area contributed by atoms with Gasteiger partial charge in [0.1, 0.15) is 5.75 Å². The molecule has 0 bridgehead atoms. The minimum absolute atomic E-state index is 0.0289. The van der Waals surface area contributed by atoms with Gasteiger partial charge in [0.05, 0.1) is 17.7 Å². The standard InChI is InChI=1S/C14H19NO2/c1-3-14(2,15)13(16)11-8-4-6-10-7-5-9-17-12(10)11/h4,6,8H,3,5,7,9,15H2,1-2H3. The molecule has 3 heteroatoms. The quantitative estimate of drug-likeness (QED) is 0.815. The molecule has 3 nitrogen and oxygen atoms in total. The van der Waals surface area contributed by atoms with Crippen molar-refractivity contribution >= 4 is 5.78 Å². The van der Waals surface area contributed by atoms with Crippen molar-refractivity contribution in [3.63, 3.8) is 0 Å². The van der Waals surface area contributed by atoms with Gasteiger partial charge >= 0.3 is 0 Å². The summed E-state index contributed by atoms with van der Waals surface area (Å²) < 4.78 is 5.64. The molecular weight excluding hydrogens is 214 g/mol. The van der Waals surface area contributed by atoms with Crippen molar-refractivity contribution in [2.24, 2.45) is 5.73 Å². The number of aryl methyl sites for hydroxylation is 1. The lowest BCUT2D eigenvalue weighted by Crippen LogP contribution is -2.44. The molecule has 0 saturated heterocycles. The highest BCUT2D eigenvalue weighted by Gasteiger charge is 2.30. The maximum Gasteiger partial charge on any atom is 0.186 e. The van der Waals surface area contributed by atoms with Gasteiger partial charge in [-0.05, 0) is 37.8 Å². The first-order chi connectivity index (χ1) is 8.06. The fourth-order valence-electron chi connectivity index (χ4n) is 2.04. The molecule has 0 aliphatic carbocycles. The highest BCUT2D eigenvalue weighted by Crippen LogP contribution is 2.31. The van der Waals surface area contributed by atoms with E-state index in [1.807, 2.05) is 25.1 Å². The van der Waals surface area contributed by atoms with E-state index in [9.17, 15) is 4.79 Å². The van der Waals surface area contributed by atoms with Crippen LogP contribution in [0, 0.1) is 0 Å². The third-order valence-corrected chi connectivity index (χ3v) is 3.43. The van der Waals surface area contributed by atoms with Gasteiger partial charge in [-0.3, -0.25) is 4.79 Å². The van der Waals surface area contributed by atoms with Gasteiger partial charge in [-0.25, -0.2) is 0 Å². The fourth-order valence-corrected chi connectivity index (χ4v) is 2.04. The van der Waals surface area contributed by atoms with E-state index in [0.717, 1.165) is 24.2 Å². The number of ketones is 1. The van der Waals surface area contributed by atoms with Gasteiger partial charge in [0.25, 0.3) is 0 Å². The lowest BCUT2D eigenvalue weighted by Gasteiger charge is -2.25. The highest BCUT2D eigenvalue weighted by atomic mass is 16.5. The number of Topliss-reactive ketones (excluding diaryl/α,β-unsaturated/α-hetero) is 1. The van der Waals surface area contributed by atoms with Crippen molar-refractivity contribution in [3.8, 4) is 5.75 Å². The molecule has 1 atom stereocenters. The Morgan fingerprint density at radius 2 is 2.29 bits per heavy atom. The first-order valence-corrected chi connectivity index (χ1v) is 6.14. The van der Waals surface area contributed by atoms with Crippen molar-refractivity contribution in [2.75, 3.05) is 6.61 Å². The van der Waals surface area contributed by atoms with Crippen LogP contribution in [0.3, 0.4) is 0 Å². The van der Waals surface area contributed by atoms with Gasteiger partial charge < -0.3 is 10.5 Å². The Hall–Kier alpha value is -1.35. The number of fused-ring (bicyclic) bond motifs is 1. The summed E-state index contributed by atoms with van der Waals surface area (Å²) >= 11 is 0. The van der Waals surface area contributed by atoms with Crippen molar-refractivity contribution in [1.29, 1.82) is 0 Å². The zero-order valence-corrected chi connectivity index (χ0v) is 10.5. The van der Waals surface area contributed by atoms with Crippen LogP contribution >= 0.6 is 0 Å². The van der Waals surface area contributed by atoms with Crippen LogP contribution in [0.25, 0.3) is 0 Å². The SMILES string of the molecule is CCC(C)(N)C(=O)c1cccc2c1OCCC2. The number of rotatable bonds is 3. The fraction of sp³-hybridized carbons (Fsp3) is 0.500. The molecule has 2 rings (SSSR count). The first kappa shape index (κ1) is 12.1. The van der Waals surface area contributed by atoms with Crippen LogP contribution in [0.1, 0.15) is 42.6 Å². The average molecular weight is 233 g/mol. The molecule has 0 fully saturated rings. The highest BCUT2D eigenvalue weighted by molar-refractivity contribution is 6.05. The maximum atomic E-state index is 12.4. The molecule has 1 unspecified atom stereocenters. The Bertz CT molecular complexity index is 438. The molecule has 1 aliphatic rings. The molecule has 2 N–H and O–H groups in total. The number of hydrogen-bond acceptors (Lipinski definition) is 3. The summed E-state index contributed by atoms with van der Waals surface area (Å²) in [7, 11) is 0. The molecule has 0 spiro atoms. The second-order valence-electron chi connectivity index (χ2n) is 4.85. The Morgan fingerprint density at radius 3 is 3.00 bits per heavy atom. The third kappa shape index (κ3) is 2.20. The summed E-state index contributed by atoms with van der Waals surface area (Å²) in [4.78, 5) is 12.4. The molecule has 0 radical (unpaired) electrons. The smallest absolute Gasteiger partial charge is 0.186 e. The topological polar surface area (TPSA) is 52.3 Å². The van der Waals surface area contributed by atoms with Crippen LogP contribution in [0.4, 0.5) is 0 Å². The summed E-state index contributed by atoms with van der Waals surface area (Å²) in [5.74, 6) is 0.715. The van der Waals surface area contributed by atoms with E-state index in [2.05, 4.69) is 0 Å². The molecular formula is C14H19NO2. The van der Waals surface area contributed by atoms with Crippen LogP contribution in [-0.4, -0.2) is 17.9 Å². The molecule has 0 saturated carbocycles. The lowest BCUT2D eigenvalue weighted by atomic mass is 9.88. The molecule has 0 aromatic heterocycles. The number of benzene rings is 1. The minimum atomic E-state index is -0.810. The molecule has 1 aromatic rings. The Kier molecular flexibility index (Phi) is 3.20. The van der Waals surface area contributed by atoms with Crippen LogP contribution in [-0.2, 0) is 6.42 Å². The number of hydrogen-bond donors (Lipinski definition) is 1. The largest absolute Gasteiger partial charge is 0.493 e. The van der Waals surface area contributed by atoms with Gasteiger partial charge in [-0.1, -0.05) is 19.1 Å². The predicted molar refractivity (Wildman–Crippen MR) is 67.5 cm³/mol. The zero-order valence-electron chi connectivity index (χ0n) is 10.5. The Labute approximate surface area is 102 Å². The summed E-state index contributed by atoms with van der Waals surface area (Å²) in [5, 5.41) is 0. The molecule has 1 heterocycles. The third-order valence-electron chi connectivity index (χ3n) is 3.43. The summed E-state index contributed by atoms with van der Waals surface area (Å²) in [6.45, 7) is 4.39. The minimum Gasteiger partial charge on any atom is -0.493 e. The van der Waals surface area contributed by atoms with E-state index in [4.69, 9.17) is 10.5 Å². The summed E-state index contributed by atoms with van der Waals surface area (Å²) in [6, 6.07) is 5.74. The number of ether oxygens (including phenoxy) is 1. The second-order valence-corrected chi connectivity index (χ2v) is 4.85. The normalized spacial score (nSPS) is 17.8. The van der Waals surface area contributed by atoms with Gasteiger partial charge in [-0.2, -0.15) is 0 Å². The van der Waals surface area contributed by atoms with Gasteiger partial charge in [0.2, 0.25) is 0 Å². The van der Waals surface area contributed by atoms with Gasteiger partial charge in [0.15, 0.2) is 5.78 Å². The summed E-state index contributed by atoms with van der Waals surface area (Å²) in [5.41, 5.74) is 6.96. The number of carbonyl (C=O) groups excluding carboxylic acids is 1. The molecule has 1 aromatic carbocycles. The predicted octanol–water partition coefficient (Wildman–Crippen LogP) is 2.32. The van der Waals surface area contributed by atoms with E-state index in [0.29, 0.717) is 18.6 Å². The van der Waals surface area contributed by atoms with Crippen molar-refractivity contribution in [2.45, 2.75) is 38.6 Å². The van der Waals surface area contributed by atoms with Crippen molar-refractivity contribution in [3.05, 3.63) is 29.3 Å². The lowest BCUT2D eigenvalue weighted by molar-refractivity contribution is 0.0892. The molecule has 92 valence electrons. The maximum absolute atomic E-state index is 12.4. The summed E-state index contributed by atoms with van der Waals surface area (Å²) in [6.07, 6.45) is 2.61. The monoisotopic (exact) mass is 233 g/mol. The average Bonchev–Trinajstić information content (AvgIpc) is 2.37. The van der Waals surface area contributed by atoms with Crippen molar-refractivity contribution < 1.29 is 9.53 Å². The van der Waals surface area contributed by atoms with Crippen LogP contribution in [0.5, 0.6) is 5.75 Å². The number of nitrogens with two attached hydrogens (primary N) is 1. The Balaban J connectivity index is 2.42. The van der Waals surface area contributed by atoms with E-state index in [-0.39, 0.29) is 5.78 Å². The zero-order chi connectivity index (χ0) is 12.5.